The number of hydrogen-bond donors (Lipinski definition) is 1. The molecule has 1 radical (unpaired) electrons. The fourth-order valence-corrected chi connectivity index (χ4v) is 1.31. The lowest BCUT2D eigenvalue weighted by Gasteiger charge is -1.96. The third-order valence-electron chi connectivity index (χ3n) is 1.57. The van der Waals surface area contributed by atoms with E-state index in [1.807, 2.05) is 24.3 Å². The standard InChI is InChI=1S/C9H6NS/c11-9-5-1-4-8-7(9)3-2-6-10-8/h1-5,11H. The summed E-state index contributed by atoms with van der Waals surface area (Å²) in [6.45, 7) is 0. The predicted molar refractivity (Wildman–Crippen MR) is 47.8 cm³/mol. The molecule has 0 spiro atoms. The van der Waals surface area contributed by atoms with E-state index >= 15 is 0 Å². The summed E-state index contributed by atoms with van der Waals surface area (Å²) in [7, 11) is 0. The van der Waals surface area contributed by atoms with Crippen LogP contribution in [-0.4, -0.2) is 4.98 Å². The van der Waals surface area contributed by atoms with E-state index in [0.717, 1.165) is 15.8 Å². The minimum atomic E-state index is 0.944. The molecule has 0 N–H and O–H groups in total. The Bertz CT molecular complexity index is 379. The molecule has 2 heteroatoms. The third-order valence-corrected chi connectivity index (χ3v) is 1.96. The van der Waals surface area contributed by atoms with Crippen molar-refractivity contribution < 1.29 is 0 Å². The quantitative estimate of drug-likeness (QED) is 0.583. The van der Waals surface area contributed by atoms with Crippen molar-refractivity contribution in [1.82, 2.24) is 4.98 Å². The highest BCUT2D eigenvalue weighted by Crippen LogP contribution is 2.18. The molecule has 1 aromatic heterocycles. The highest BCUT2D eigenvalue weighted by atomic mass is 32.1. The monoisotopic (exact) mass is 160 g/mol. The summed E-state index contributed by atoms with van der Waals surface area (Å²) in [5.74, 6) is 0. The Labute approximate surface area is 70.5 Å². The van der Waals surface area contributed by atoms with Gasteiger partial charge in [0.25, 0.3) is 0 Å². The zero-order chi connectivity index (χ0) is 7.68. The molecule has 0 saturated carbocycles. The summed E-state index contributed by atoms with van der Waals surface area (Å²) < 4.78 is 0. The summed E-state index contributed by atoms with van der Waals surface area (Å²) in [5.41, 5.74) is 0.944. The van der Waals surface area contributed by atoms with Gasteiger partial charge in [0.15, 0.2) is 0 Å². The summed E-state index contributed by atoms with van der Waals surface area (Å²) in [5, 5.41) is 1.08. The Kier molecular flexibility index (Phi) is 1.55. The van der Waals surface area contributed by atoms with Crippen molar-refractivity contribution in [3.05, 3.63) is 36.5 Å². The van der Waals surface area contributed by atoms with E-state index < -0.39 is 0 Å². The molecule has 0 atom stereocenters. The molecule has 0 aliphatic carbocycles. The molecule has 0 aliphatic rings. The molecule has 1 nitrogen and oxygen atoms in total. The van der Waals surface area contributed by atoms with Gasteiger partial charge in [-0.15, -0.1) is 12.6 Å². The van der Waals surface area contributed by atoms with E-state index in [1.165, 1.54) is 0 Å². The van der Waals surface area contributed by atoms with Crippen molar-refractivity contribution in [2.45, 2.75) is 4.90 Å². The first kappa shape index (κ1) is 6.68. The van der Waals surface area contributed by atoms with Crippen LogP contribution in [0, 0.1) is 6.20 Å². The Balaban J connectivity index is 2.91. The summed E-state index contributed by atoms with van der Waals surface area (Å²) in [6.07, 6.45) is 2.78. The molecule has 1 aromatic carbocycles. The maximum atomic E-state index is 4.30. The minimum absolute atomic E-state index is 0.944. The van der Waals surface area contributed by atoms with Gasteiger partial charge in [-0.1, -0.05) is 6.07 Å². The molecule has 0 aliphatic heterocycles. The molecule has 11 heavy (non-hydrogen) atoms. The van der Waals surface area contributed by atoms with Crippen LogP contribution in [0.2, 0.25) is 0 Å². The number of rotatable bonds is 0. The zero-order valence-corrected chi connectivity index (χ0v) is 6.68. The highest BCUT2D eigenvalue weighted by Gasteiger charge is 1.94. The number of thiol groups is 1. The van der Waals surface area contributed by atoms with Crippen LogP contribution in [0.25, 0.3) is 10.9 Å². The van der Waals surface area contributed by atoms with Gasteiger partial charge >= 0.3 is 0 Å². The van der Waals surface area contributed by atoms with Crippen molar-refractivity contribution in [2.75, 3.05) is 0 Å². The number of aromatic nitrogens is 1. The van der Waals surface area contributed by atoms with Crippen LogP contribution in [-0.2, 0) is 0 Å². The number of hydrogen-bond acceptors (Lipinski definition) is 2. The lowest BCUT2D eigenvalue weighted by atomic mass is 10.2. The number of nitrogens with zero attached hydrogens (tertiary/aromatic N) is 1. The molecule has 2 aromatic rings. The van der Waals surface area contributed by atoms with Gasteiger partial charge in [0, 0.05) is 10.3 Å². The van der Waals surface area contributed by atoms with Gasteiger partial charge in [0.1, 0.15) is 0 Å². The molecule has 0 amide bonds. The lowest BCUT2D eigenvalue weighted by molar-refractivity contribution is 1.37. The Morgan fingerprint density at radius 2 is 2.18 bits per heavy atom. The van der Waals surface area contributed by atoms with Crippen LogP contribution < -0.4 is 0 Å². The van der Waals surface area contributed by atoms with E-state index in [4.69, 9.17) is 0 Å². The second-order valence-electron chi connectivity index (χ2n) is 2.28. The van der Waals surface area contributed by atoms with Crippen LogP contribution >= 0.6 is 12.6 Å². The Morgan fingerprint density at radius 1 is 1.27 bits per heavy atom. The number of benzene rings is 1. The van der Waals surface area contributed by atoms with Gasteiger partial charge in [-0.2, -0.15) is 0 Å². The van der Waals surface area contributed by atoms with Gasteiger partial charge < -0.3 is 0 Å². The van der Waals surface area contributed by atoms with Crippen molar-refractivity contribution in [2.24, 2.45) is 0 Å². The Hall–Kier alpha value is -1.02. The van der Waals surface area contributed by atoms with Crippen molar-refractivity contribution in [3.63, 3.8) is 0 Å². The van der Waals surface area contributed by atoms with Gasteiger partial charge in [-0.25, -0.2) is 4.98 Å². The van der Waals surface area contributed by atoms with E-state index in [9.17, 15) is 0 Å². The molecule has 0 saturated heterocycles. The van der Waals surface area contributed by atoms with Crippen LogP contribution in [0.5, 0.6) is 0 Å². The number of pyridine rings is 1. The summed E-state index contributed by atoms with van der Waals surface area (Å²) in [4.78, 5) is 5.03. The van der Waals surface area contributed by atoms with E-state index in [0.29, 0.717) is 0 Å². The van der Waals surface area contributed by atoms with Crippen LogP contribution in [0.4, 0.5) is 0 Å². The van der Waals surface area contributed by atoms with E-state index in [1.54, 1.807) is 6.07 Å². The van der Waals surface area contributed by atoms with Gasteiger partial charge in [0.05, 0.1) is 11.7 Å². The summed E-state index contributed by atoms with van der Waals surface area (Å²) >= 11 is 4.30. The second kappa shape index (κ2) is 2.55. The number of fused-ring (bicyclic) bond motifs is 1. The molecule has 0 unspecified atom stereocenters. The van der Waals surface area contributed by atoms with Gasteiger partial charge in [-0.05, 0) is 24.3 Å². The van der Waals surface area contributed by atoms with E-state index in [2.05, 4.69) is 23.8 Å². The average Bonchev–Trinajstić information content (AvgIpc) is 2.06. The van der Waals surface area contributed by atoms with Crippen molar-refractivity contribution in [3.8, 4) is 0 Å². The predicted octanol–water partition coefficient (Wildman–Crippen LogP) is 2.32. The average molecular weight is 160 g/mol. The van der Waals surface area contributed by atoms with Crippen LogP contribution in [0.15, 0.2) is 35.2 Å². The van der Waals surface area contributed by atoms with Crippen molar-refractivity contribution in [1.29, 1.82) is 0 Å². The van der Waals surface area contributed by atoms with Gasteiger partial charge in [0.2, 0.25) is 0 Å². The maximum Gasteiger partial charge on any atom is 0.0894 e. The van der Waals surface area contributed by atoms with Gasteiger partial charge in [-0.3, -0.25) is 0 Å². The highest BCUT2D eigenvalue weighted by molar-refractivity contribution is 7.80. The molecule has 0 bridgehead atoms. The minimum Gasteiger partial charge on any atom is -0.246 e. The molecular formula is C9H6NS. The lowest BCUT2D eigenvalue weighted by Crippen LogP contribution is -1.77. The smallest absolute Gasteiger partial charge is 0.0894 e. The SMILES string of the molecule is Sc1cccc2n[c]ccc12. The zero-order valence-electron chi connectivity index (χ0n) is 5.78. The maximum absolute atomic E-state index is 4.30. The Morgan fingerprint density at radius 3 is 3.00 bits per heavy atom. The van der Waals surface area contributed by atoms with E-state index in [-0.39, 0.29) is 0 Å². The van der Waals surface area contributed by atoms with Crippen LogP contribution in [0.3, 0.4) is 0 Å². The fourth-order valence-electron chi connectivity index (χ4n) is 1.04. The topological polar surface area (TPSA) is 12.9 Å². The fraction of sp³-hybridized carbons (Fsp3) is 0. The molecular weight excluding hydrogens is 154 g/mol. The normalized spacial score (nSPS) is 10.3. The third kappa shape index (κ3) is 1.10. The van der Waals surface area contributed by atoms with Crippen molar-refractivity contribution >= 4 is 23.5 Å². The molecule has 0 fully saturated rings. The van der Waals surface area contributed by atoms with Crippen LogP contribution in [0.1, 0.15) is 0 Å². The first-order valence-corrected chi connectivity index (χ1v) is 3.77. The molecule has 2 rings (SSSR count). The largest absolute Gasteiger partial charge is 0.246 e. The second-order valence-corrected chi connectivity index (χ2v) is 2.77. The first-order chi connectivity index (χ1) is 5.38. The summed E-state index contributed by atoms with van der Waals surface area (Å²) in [6, 6.07) is 9.59. The molecule has 53 valence electrons. The first-order valence-electron chi connectivity index (χ1n) is 3.33. The molecule has 1 heterocycles.